The molecule has 4 aromatic carbocycles. The predicted octanol–water partition coefficient (Wildman–Crippen LogP) is 9.89. The van der Waals surface area contributed by atoms with Gasteiger partial charge in [0.2, 0.25) is 5.95 Å². The lowest BCUT2D eigenvalue weighted by molar-refractivity contribution is 0.00994. The highest BCUT2D eigenvalue weighted by atomic mass is 35.5. The number of hydrogen-bond acceptors (Lipinski definition) is 8. The summed E-state index contributed by atoms with van der Waals surface area (Å²) in [6, 6.07) is 35.8. The third kappa shape index (κ3) is 8.43. The van der Waals surface area contributed by atoms with Gasteiger partial charge in [0.1, 0.15) is 17.2 Å². The predicted molar refractivity (Wildman–Crippen MR) is 232 cm³/mol. The maximum absolute atomic E-state index is 14.1. The highest BCUT2D eigenvalue weighted by molar-refractivity contribution is 6.99. The number of aromatic nitrogens is 4. The van der Waals surface area contributed by atoms with E-state index in [1.807, 2.05) is 91.0 Å². The van der Waals surface area contributed by atoms with Gasteiger partial charge in [-0.2, -0.15) is 9.97 Å². The van der Waals surface area contributed by atoms with Gasteiger partial charge in [-0.1, -0.05) is 124 Å². The van der Waals surface area contributed by atoms with Gasteiger partial charge in [0, 0.05) is 12.5 Å². The molecule has 1 aliphatic rings. The number of fused-ring (bicyclic) bond motifs is 1. The fourth-order valence-corrected chi connectivity index (χ4v) is 12.8. The van der Waals surface area contributed by atoms with E-state index < -0.39 is 25.0 Å². The number of esters is 1. The van der Waals surface area contributed by atoms with Gasteiger partial charge in [-0.25, -0.2) is 19.5 Å². The number of H-pyrrole nitrogens is 1. The van der Waals surface area contributed by atoms with Crippen LogP contribution in [-0.2, 0) is 13.9 Å². The van der Waals surface area contributed by atoms with E-state index in [2.05, 4.69) is 65.8 Å². The van der Waals surface area contributed by atoms with E-state index in [0.29, 0.717) is 29.0 Å². The first-order chi connectivity index (χ1) is 27.6. The van der Waals surface area contributed by atoms with E-state index in [1.165, 1.54) is 11.2 Å². The van der Waals surface area contributed by atoms with Crippen molar-refractivity contribution in [3.05, 3.63) is 126 Å². The lowest BCUT2D eigenvalue weighted by atomic mass is 9.98. The molecule has 7 rings (SSSR count). The number of carbonyl (C=O) groups is 2. The molecule has 1 amide bonds. The molecule has 6 aromatic rings. The zero-order valence-corrected chi connectivity index (χ0v) is 35.8. The maximum atomic E-state index is 14.1. The van der Waals surface area contributed by atoms with Crippen LogP contribution in [0, 0.1) is 11.8 Å². The Morgan fingerprint density at radius 3 is 2.16 bits per heavy atom. The Labute approximate surface area is 346 Å². The van der Waals surface area contributed by atoms with Crippen molar-refractivity contribution in [3.63, 3.8) is 0 Å². The van der Waals surface area contributed by atoms with Crippen LogP contribution in [0.15, 0.2) is 116 Å². The fourth-order valence-electron chi connectivity index (χ4n) is 7.95. The third-order valence-corrected chi connectivity index (χ3v) is 16.1. The summed E-state index contributed by atoms with van der Waals surface area (Å²) < 4.78 is 19.7. The standard InChI is InChI=1S/C46H50ClN5O5Si/c1-30-21-26-38(56-42(53)33-24-22-32(23-25-33)31-15-10-8-11-16-31)37(30)28-55-58(46(5,6)7,35-18-12-9-13-19-35)36-20-14-17-34(27-36)52(44(54)57-45(2,3)4)43-50-40(47)39-41(51-43)49-29-48-39/h8-20,22-25,27,29-30,37-38H,21,26,28H2,1-7H3,(H,48,49,50,51). The Balaban J connectivity index is 1.23. The van der Waals surface area contributed by atoms with Gasteiger partial charge in [0.25, 0.3) is 8.32 Å². The number of amides is 1. The van der Waals surface area contributed by atoms with Gasteiger partial charge < -0.3 is 18.9 Å². The first-order valence-electron chi connectivity index (χ1n) is 19.7. The molecular weight excluding hydrogens is 766 g/mol. The van der Waals surface area contributed by atoms with Crippen molar-refractivity contribution in [2.45, 2.75) is 78.1 Å². The molecular formula is C46H50ClN5O5Si. The summed E-state index contributed by atoms with van der Waals surface area (Å²) in [7, 11) is -3.23. The van der Waals surface area contributed by atoms with E-state index in [1.54, 1.807) is 20.8 Å². The van der Waals surface area contributed by atoms with Crippen LogP contribution in [0.25, 0.3) is 22.3 Å². The third-order valence-electron chi connectivity index (χ3n) is 10.8. The maximum Gasteiger partial charge on any atom is 0.421 e. The van der Waals surface area contributed by atoms with E-state index in [4.69, 9.17) is 25.5 Å². The number of benzene rings is 4. The molecule has 1 N–H and O–H groups in total. The lowest BCUT2D eigenvalue weighted by Gasteiger charge is -2.44. The number of anilines is 2. The molecule has 1 fully saturated rings. The minimum absolute atomic E-state index is 0.0267. The van der Waals surface area contributed by atoms with Crippen molar-refractivity contribution >= 4 is 65.2 Å². The van der Waals surface area contributed by atoms with E-state index in [9.17, 15) is 9.59 Å². The summed E-state index contributed by atoms with van der Waals surface area (Å²) in [5.74, 6) is -0.0909. The minimum Gasteiger partial charge on any atom is -0.458 e. The monoisotopic (exact) mass is 815 g/mol. The van der Waals surface area contributed by atoms with Crippen LogP contribution < -0.4 is 15.3 Å². The molecule has 4 unspecified atom stereocenters. The Morgan fingerprint density at radius 1 is 0.828 bits per heavy atom. The Kier molecular flexibility index (Phi) is 11.6. The number of halogens is 1. The number of imidazole rings is 1. The van der Waals surface area contributed by atoms with Crippen LogP contribution in [0.1, 0.15) is 71.7 Å². The zero-order valence-electron chi connectivity index (χ0n) is 34.0. The molecule has 0 bridgehead atoms. The summed E-state index contributed by atoms with van der Waals surface area (Å²) >= 11 is 6.59. The normalized spacial score (nSPS) is 18.1. The van der Waals surface area contributed by atoms with Crippen LogP contribution in [0.2, 0.25) is 10.2 Å². The van der Waals surface area contributed by atoms with E-state index in [-0.39, 0.29) is 35.0 Å². The van der Waals surface area contributed by atoms with Gasteiger partial charge in [0.15, 0.2) is 10.8 Å². The average Bonchev–Trinajstić information content (AvgIpc) is 3.81. The number of aromatic amines is 1. The van der Waals surface area contributed by atoms with Crippen molar-refractivity contribution in [1.29, 1.82) is 0 Å². The Bertz CT molecular complexity index is 2380. The average molecular weight is 816 g/mol. The van der Waals surface area contributed by atoms with Crippen LogP contribution >= 0.6 is 11.6 Å². The van der Waals surface area contributed by atoms with Crippen LogP contribution in [0.5, 0.6) is 0 Å². The van der Waals surface area contributed by atoms with Gasteiger partial charge in [-0.15, -0.1) is 0 Å². The number of carbonyl (C=O) groups excluding carboxylic acids is 2. The molecule has 58 heavy (non-hydrogen) atoms. The number of nitrogens with one attached hydrogen (secondary N) is 1. The van der Waals surface area contributed by atoms with Crippen LogP contribution in [0.3, 0.4) is 0 Å². The highest BCUT2D eigenvalue weighted by Crippen LogP contribution is 2.41. The highest BCUT2D eigenvalue weighted by Gasteiger charge is 2.52. The quantitative estimate of drug-likeness (QED) is 0.0825. The lowest BCUT2D eigenvalue weighted by Crippen LogP contribution is -2.67. The second-order valence-electron chi connectivity index (χ2n) is 17.0. The second kappa shape index (κ2) is 16.5. The molecule has 2 heterocycles. The number of rotatable bonds is 10. The topological polar surface area (TPSA) is 120 Å². The molecule has 12 heteroatoms. The van der Waals surface area contributed by atoms with Gasteiger partial charge in [-0.05, 0) is 90.3 Å². The second-order valence-corrected chi connectivity index (χ2v) is 21.7. The van der Waals surface area contributed by atoms with Crippen LogP contribution in [-0.4, -0.2) is 58.6 Å². The van der Waals surface area contributed by atoms with Gasteiger partial charge in [0.05, 0.1) is 17.6 Å². The number of ether oxygens (including phenoxy) is 2. The molecule has 0 saturated heterocycles. The van der Waals surface area contributed by atoms with E-state index in [0.717, 1.165) is 34.3 Å². The molecule has 0 aliphatic heterocycles. The largest absolute Gasteiger partial charge is 0.458 e. The molecule has 0 radical (unpaired) electrons. The molecule has 0 spiro atoms. The summed E-state index contributed by atoms with van der Waals surface area (Å²) in [5, 5.41) is 1.73. The van der Waals surface area contributed by atoms with Crippen molar-refractivity contribution in [1.82, 2.24) is 19.9 Å². The minimum atomic E-state index is -3.23. The number of hydrogen-bond donors (Lipinski definition) is 1. The summed E-state index contributed by atoms with van der Waals surface area (Å²) in [6.45, 7) is 14.6. The smallest absolute Gasteiger partial charge is 0.421 e. The van der Waals surface area contributed by atoms with Gasteiger partial charge >= 0.3 is 12.1 Å². The summed E-state index contributed by atoms with van der Waals surface area (Å²) in [4.78, 5) is 45.4. The Morgan fingerprint density at radius 2 is 1.48 bits per heavy atom. The van der Waals surface area contributed by atoms with Crippen molar-refractivity contribution in [2.75, 3.05) is 11.5 Å². The SMILES string of the molecule is CC1CCC(OC(=O)c2ccc(-c3ccccc3)cc2)C1CO[Si](c1ccccc1)(c1cccc(N(C(=O)OC(C)(C)C)c2nc(Cl)c3[nH]cnc3n2)c1)C(C)(C)C. The summed E-state index contributed by atoms with van der Waals surface area (Å²) in [5.41, 5.74) is 3.10. The molecule has 2 aromatic heterocycles. The molecule has 1 aliphatic carbocycles. The molecule has 300 valence electrons. The zero-order chi connectivity index (χ0) is 41.2. The molecule has 10 nitrogen and oxygen atoms in total. The van der Waals surface area contributed by atoms with Crippen molar-refractivity contribution in [3.8, 4) is 11.1 Å². The van der Waals surface area contributed by atoms with Crippen LogP contribution in [0.4, 0.5) is 16.4 Å². The Hall–Kier alpha value is -5.36. The van der Waals surface area contributed by atoms with Crippen molar-refractivity contribution in [2.24, 2.45) is 11.8 Å². The van der Waals surface area contributed by atoms with Crippen molar-refractivity contribution < 1.29 is 23.5 Å². The van der Waals surface area contributed by atoms with Gasteiger partial charge in [-0.3, -0.25) is 0 Å². The fraction of sp³-hybridized carbons (Fsp3) is 0.326. The van der Waals surface area contributed by atoms with E-state index >= 15 is 0 Å². The molecule has 1 saturated carbocycles. The first kappa shape index (κ1) is 40.8. The summed E-state index contributed by atoms with van der Waals surface area (Å²) in [6.07, 6.45) is 2.16. The number of nitrogens with zero attached hydrogens (tertiary/aromatic N) is 4. The molecule has 4 atom stereocenters. The first-order valence-corrected chi connectivity index (χ1v) is 22.0.